The topological polar surface area (TPSA) is 106 Å². The Labute approximate surface area is 231 Å². The van der Waals surface area contributed by atoms with Gasteiger partial charge >= 0.3 is 0 Å². The maximum absolute atomic E-state index is 13.7. The van der Waals surface area contributed by atoms with E-state index in [-0.39, 0.29) is 11.8 Å². The van der Waals surface area contributed by atoms with E-state index < -0.39 is 10.8 Å². The van der Waals surface area contributed by atoms with Crippen molar-refractivity contribution in [1.29, 1.82) is 0 Å². The maximum atomic E-state index is 13.7. The molecule has 1 saturated heterocycles. The number of para-hydroxylation sites is 1. The van der Waals surface area contributed by atoms with Crippen LogP contribution in [0.1, 0.15) is 17.5 Å². The van der Waals surface area contributed by atoms with Crippen LogP contribution < -0.4 is 5.32 Å². The largest absolute Gasteiger partial charge is 0.377 e. The third kappa shape index (κ3) is 3.81. The Balaban J connectivity index is 1.32. The molecule has 0 spiro atoms. The van der Waals surface area contributed by atoms with Gasteiger partial charge in [0.15, 0.2) is 0 Å². The van der Waals surface area contributed by atoms with Gasteiger partial charge in [0, 0.05) is 48.0 Å². The molecular formula is C30H32N4O6. The highest BCUT2D eigenvalue weighted by Gasteiger charge is 2.82. The first-order chi connectivity index (χ1) is 19.7. The number of nitrogens with one attached hydrogen (secondary N) is 1. The standard InChI is InChI=1S/C30H32N4O6/c35-27-29-20-30(29,28(36)32-27)24-19-34(26-22(24)5-3-7-31-26)9-11-38-13-15-40-17-16-39-14-12-37-10-8-33-18-23(29)21-4-1-2-6-25(21)33/h1-7,18-19H,8-17,20H2,(H,32,35,36). The molecule has 7 rings (SSSR count). The summed E-state index contributed by atoms with van der Waals surface area (Å²) in [6.45, 7) is 5.07. The Morgan fingerprint density at radius 1 is 0.675 bits per heavy atom. The van der Waals surface area contributed by atoms with Crippen LogP contribution in [0.2, 0.25) is 0 Å². The summed E-state index contributed by atoms with van der Waals surface area (Å²) in [6.07, 6.45) is 6.21. The molecular weight excluding hydrogens is 512 g/mol. The molecule has 10 heteroatoms. The predicted octanol–water partition coefficient (Wildman–Crippen LogP) is 2.31. The zero-order valence-electron chi connectivity index (χ0n) is 22.3. The number of piperidine rings is 1. The number of carbonyl (C=O) groups excluding carboxylic acids is 2. The highest BCUT2D eigenvalue weighted by atomic mass is 16.6. The zero-order valence-corrected chi connectivity index (χ0v) is 22.3. The van der Waals surface area contributed by atoms with Crippen LogP contribution in [0.15, 0.2) is 55.0 Å². The molecule has 2 unspecified atom stereocenters. The van der Waals surface area contributed by atoms with E-state index in [2.05, 4.69) is 20.9 Å². The van der Waals surface area contributed by atoms with E-state index in [0.717, 1.165) is 33.1 Å². The number of carbonyl (C=O) groups is 2. The first-order valence-electron chi connectivity index (χ1n) is 13.9. The van der Waals surface area contributed by atoms with Crippen LogP contribution in [0, 0.1) is 0 Å². The second kappa shape index (κ2) is 10.1. The fourth-order valence-electron chi connectivity index (χ4n) is 6.61. The van der Waals surface area contributed by atoms with Gasteiger partial charge in [0.05, 0.1) is 63.7 Å². The van der Waals surface area contributed by atoms with Crippen LogP contribution in [0.5, 0.6) is 0 Å². The van der Waals surface area contributed by atoms with Crippen molar-refractivity contribution in [2.75, 3.05) is 52.9 Å². The van der Waals surface area contributed by atoms with Crippen LogP contribution >= 0.6 is 0 Å². The summed E-state index contributed by atoms with van der Waals surface area (Å²) >= 11 is 0. The molecule has 5 heterocycles. The monoisotopic (exact) mass is 544 g/mol. The number of imide groups is 1. The number of hydrogen-bond acceptors (Lipinski definition) is 7. The molecule has 1 aromatic carbocycles. The van der Waals surface area contributed by atoms with Crippen molar-refractivity contribution in [2.24, 2.45) is 0 Å². The first-order valence-corrected chi connectivity index (χ1v) is 13.9. The molecule has 208 valence electrons. The van der Waals surface area contributed by atoms with Crippen molar-refractivity contribution in [3.63, 3.8) is 0 Å². The molecule has 4 aromatic rings. The van der Waals surface area contributed by atoms with Crippen molar-refractivity contribution in [2.45, 2.75) is 30.3 Å². The first kappa shape index (κ1) is 25.4. The van der Waals surface area contributed by atoms with E-state index in [1.165, 1.54) is 0 Å². The third-order valence-corrected chi connectivity index (χ3v) is 8.55. The van der Waals surface area contributed by atoms with E-state index in [1.807, 2.05) is 47.3 Å². The van der Waals surface area contributed by atoms with Crippen molar-refractivity contribution in [1.82, 2.24) is 19.4 Å². The van der Waals surface area contributed by atoms with Crippen molar-refractivity contribution in [3.8, 4) is 0 Å². The number of nitrogens with zero attached hydrogens (tertiary/aromatic N) is 3. The molecule has 1 saturated carbocycles. The molecule has 0 radical (unpaired) electrons. The molecule has 2 fully saturated rings. The molecule has 3 aromatic heterocycles. The van der Waals surface area contributed by atoms with E-state index in [1.54, 1.807) is 6.20 Å². The molecule has 4 bridgehead atoms. The van der Waals surface area contributed by atoms with Gasteiger partial charge in [-0.2, -0.15) is 0 Å². The summed E-state index contributed by atoms with van der Waals surface area (Å²) in [7, 11) is 0. The lowest BCUT2D eigenvalue weighted by atomic mass is 9.83. The van der Waals surface area contributed by atoms with Gasteiger partial charge in [-0.15, -0.1) is 0 Å². The number of aromatic nitrogens is 3. The summed E-state index contributed by atoms with van der Waals surface area (Å²) < 4.78 is 27.0. The van der Waals surface area contributed by atoms with Crippen LogP contribution in [-0.4, -0.2) is 78.8 Å². The van der Waals surface area contributed by atoms with Crippen LogP contribution in [-0.2, 0) is 52.5 Å². The van der Waals surface area contributed by atoms with E-state index in [4.69, 9.17) is 18.9 Å². The maximum Gasteiger partial charge on any atom is 0.238 e. The quantitative estimate of drug-likeness (QED) is 0.339. The SMILES string of the molecule is O=C1NC(=O)C23CC12c1cn(c2ccccc12)CCOCCOCCOCCOCCn1cc3c2cccnc21. The molecule has 2 aliphatic heterocycles. The van der Waals surface area contributed by atoms with E-state index in [0.29, 0.717) is 72.4 Å². The zero-order chi connectivity index (χ0) is 27.2. The number of benzene rings is 1. The van der Waals surface area contributed by atoms with Gasteiger partial charge in [-0.3, -0.25) is 14.9 Å². The Morgan fingerprint density at radius 3 is 1.93 bits per heavy atom. The van der Waals surface area contributed by atoms with E-state index >= 15 is 0 Å². The normalized spacial score (nSPS) is 26.5. The number of amides is 2. The Bertz CT molecular complexity index is 1480. The smallest absolute Gasteiger partial charge is 0.238 e. The van der Waals surface area contributed by atoms with Crippen LogP contribution in [0.3, 0.4) is 0 Å². The average molecular weight is 545 g/mol. The average Bonchev–Trinajstić information content (AvgIpc) is 3.23. The minimum absolute atomic E-state index is 0.239. The van der Waals surface area contributed by atoms with E-state index in [9.17, 15) is 9.59 Å². The lowest BCUT2D eigenvalue weighted by molar-refractivity contribution is -0.128. The summed E-state index contributed by atoms with van der Waals surface area (Å²) in [5.41, 5.74) is 1.52. The third-order valence-electron chi connectivity index (χ3n) is 8.55. The van der Waals surface area contributed by atoms with Gasteiger partial charge in [-0.1, -0.05) is 18.2 Å². The predicted molar refractivity (Wildman–Crippen MR) is 146 cm³/mol. The van der Waals surface area contributed by atoms with Crippen molar-refractivity contribution >= 4 is 33.8 Å². The van der Waals surface area contributed by atoms with Gasteiger partial charge in [0.1, 0.15) is 5.65 Å². The van der Waals surface area contributed by atoms with Crippen LogP contribution in [0.25, 0.3) is 21.9 Å². The lowest BCUT2D eigenvalue weighted by Crippen LogP contribution is -2.31. The number of rotatable bonds is 0. The van der Waals surface area contributed by atoms with Crippen molar-refractivity contribution in [3.05, 3.63) is 66.1 Å². The molecule has 2 amide bonds. The van der Waals surface area contributed by atoms with Gasteiger partial charge in [0.25, 0.3) is 0 Å². The summed E-state index contributed by atoms with van der Waals surface area (Å²) in [5.74, 6) is -0.486. The van der Waals surface area contributed by atoms with Crippen molar-refractivity contribution < 1.29 is 28.5 Å². The summed E-state index contributed by atoms with van der Waals surface area (Å²) in [4.78, 5) is 32.0. The highest BCUT2D eigenvalue weighted by Crippen LogP contribution is 2.70. The minimum Gasteiger partial charge on any atom is -0.377 e. The molecule has 3 aliphatic rings. The highest BCUT2D eigenvalue weighted by molar-refractivity contribution is 6.23. The Kier molecular flexibility index (Phi) is 6.42. The fraction of sp³-hybridized carbons (Fsp3) is 0.433. The second-order valence-corrected chi connectivity index (χ2v) is 10.6. The molecule has 40 heavy (non-hydrogen) atoms. The lowest BCUT2D eigenvalue weighted by Gasteiger charge is -2.14. The summed E-state index contributed by atoms with van der Waals surface area (Å²) in [5, 5.41) is 4.55. The minimum atomic E-state index is -0.995. The van der Waals surface area contributed by atoms with Gasteiger partial charge < -0.3 is 28.1 Å². The number of pyridine rings is 1. The number of hydrogen-bond donors (Lipinski definition) is 1. The number of ether oxygens (including phenoxy) is 4. The van der Waals surface area contributed by atoms with Gasteiger partial charge in [-0.25, -0.2) is 4.98 Å². The Morgan fingerprint density at radius 2 is 1.23 bits per heavy atom. The second-order valence-electron chi connectivity index (χ2n) is 10.6. The molecule has 2 atom stereocenters. The number of fused-ring (bicyclic) bond motifs is 10. The van der Waals surface area contributed by atoms with Crippen LogP contribution in [0.4, 0.5) is 0 Å². The summed E-state index contributed by atoms with van der Waals surface area (Å²) in [6, 6.07) is 11.9. The van der Waals surface area contributed by atoms with Gasteiger partial charge in [-0.05, 0) is 35.7 Å². The molecule has 10 nitrogen and oxygen atoms in total. The Hall–Kier alpha value is -3.57. The fourth-order valence-corrected chi connectivity index (χ4v) is 6.61. The van der Waals surface area contributed by atoms with Gasteiger partial charge in [0.2, 0.25) is 11.8 Å². The molecule has 1 aliphatic carbocycles. The molecule has 1 N–H and O–H groups in total.